The molecule has 1 aliphatic heterocycles. The number of nitrogens with zero attached hydrogens (tertiary/aromatic N) is 2. The molecule has 5 nitrogen and oxygen atoms in total. The number of methoxy groups -OCH3 is 1. The molecule has 0 aromatic heterocycles. The van der Waals surface area contributed by atoms with Gasteiger partial charge >= 0.3 is 0 Å². The summed E-state index contributed by atoms with van der Waals surface area (Å²) in [4.78, 5) is 28.7. The van der Waals surface area contributed by atoms with Gasteiger partial charge in [-0.1, -0.05) is 31.2 Å². The standard InChI is InChI=1S/C21H24N2O3/c1-4-15-9-11-17(12-10-15)23-14-16(13-20(23)24)21(25)22(2)18-7-5-6-8-19(18)26-3/h5-12,16H,4,13-14H2,1-3H3. The molecular formula is C21H24N2O3. The van der Waals surface area contributed by atoms with Gasteiger partial charge in [0.05, 0.1) is 18.7 Å². The van der Waals surface area contributed by atoms with Crippen LogP contribution in [0.15, 0.2) is 48.5 Å². The van der Waals surface area contributed by atoms with Gasteiger partial charge in [0, 0.05) is 25.7 Å². The molecule has 1 aliphatic rings. The molecule has 0 radical (unpaired) electrons. The molecule has 0 bridgehead atoms. The average molecular weight is 352 g/mol. The van der Waals surface area contributed by atoms with Crippen LogP contribution in [-0.4, -0.2) is 32.5 Å². The molecular weight excluding hydrogens is 328 g/mol. The van der Waals surface area contributed by atoms with E-state index in [-0.39, 0.29) is 24.2 Å². The summed E-state index contributed by atoms with van der Waals surface area (Å²) in [7, 11) is 3.31. The zero-order valence-electron chi connectivity index (χ0n) is 15.4. The first-order valence-corrected chi connectivity index (χ1v) is 8.85. The number of para-hydroxylation sites is 2. The van der Waals surface area contributed by atoms with Crippen LogP contribution >= 0.6 is 0 Å². The first-order valence-electron chi connectivity index (χ1n) is 8.85. The topological polar surface area (TPSA) is 49.9 Å². The molecule has 0 saturated carbocycles. The molecule has 136 valence electrons. The number of benzene rings is 2. The van der Waals surface area contributed by atoms with Gasteiger partial charge in [-0.2, -0.15) is 0 Å². The molecule has 1 heterocycles. The third kappa shape index (κ3) is 3.43. The minimum absolute atomic E-state index is 0.0129. The van der Waals surface area contributed by atoms with E-state index in [1.165, 1.54) is 5.56 Å². The Morgan fingerprint density at radius 3 is 2.54 bits per heavy atom. The van der Waals surface area contributed by atoms with Crippen molar-refractivity contribution in [3.63, 3.8) is 0 Å². The summed E-state index contributed by atoms with van der Waals surface area (Å²) >= 11 is 0. The monoisotopic (exact) mass is 352 g/mol. The molecule has 0 aliphatic carbocycles. The van der Waals surface area contributed by atoms with Crippen LogP contribution in [0.1, 0.15) is 18.9 Å². The van der Waals surface area contributed by atoms with Gasteiger partial charge in [0.25, 0.3) is 0 Å². The lowest BCUT2D eigenvalue weighted by Gasteiger charge is -2.23. The summed E-state index contributed by atoms with van der Waals surface area (Å²) in [5.74, 6) is 0.194. The lowest BCUT2D eigenvalue weighted by molar-refractivity contribution is -0.124. The molecule has 0 N–H and O–H groups in total. The van der Waals surface area contributed by atoms with Crippen molar-refractivity contribution in [2.24, 2.45) is 5.92 Å². The largest absolute Gasteiger partial charge is 0.495 e. The number of rotatable bonds is 5. The van der Waals surface area contributed by atoms with Crippen molar-refractivity contribution in [2.45, 2.75) is 19.8 Å². The molecule has 1 fully saturated rings. The van der Waals surface area contributed by atoms with Crippen molar-refractivity contribution in [2.75, 3.05) is 30.5 Å². The van der Waals surface area contributed by atoms with Crippen LogP contribution < -0.4 is 14.5 Å². The lowest BCUT2D eigenvalue weighted by Crippen LogP contribution is -2.35. The van der Waals surface area contributed by atoms with Gasteiger partial charge < -0.3 is 14.5 Å². The second-order valence-electron chi connectivity index (χ2n) is 6.49. The highest BCUT2D eigenvalue weighted by molar-refractivity contribution is 6.04. The maximum Gasteiger partial charge on any atom is 0.232 e. The van der Waals surface area contributed by atoms with E-state index in [0.717, 1.165) is 12.1 Å². The van der Waals surface area contributed by atoms with Crippen LogP contribution in [0.3, 0.4) is 0 Å². The molecule has 2 aromatic carbocycles. The average Bonchev–Trinajstić information content (AvgIpc) is 3.08. The predicted octanol–water partition coefficient (Wildman–Crippen LogP) is 3.27. The number of hydrogen-bond acceptors (Lipinski definition) is 3. The lowest BCUT2D eigenvalue weighted by atomic mass is 10.1. The fourth-order valence-electron chi connectivity index (χ4n) is 3.33. The smallest absolute Gasteiger partial charge is 0.232 e. The van der Waals surface area contributed by atoms with E-state index in [9.17, 15) is 9.59 Å². The Kier molecular flexibility index (Phi) is 5.26. The molecule has 26 heavy (non-hydrogen) atoms. The van der Waals surface area contributed by atoms with E-state index in [2.05, 4.69) is 6.92 Å². The van der Waals surface area contributed by atoms with Gasteiger partial charge in [-0.3, -0.25) is 9.59 Å². The summed E-state index contributed by atoms with van der Waals surface area (Å²) in [6.45, 7) is 2.50. The maximum absolute atomic E-state index is 12.9. The molecule has 1 unspecified atom stereocenters. The molecule has 3 rings (SSSR count). The highest BCUT2D eigenvalue weighted by Gasteiger charge is 2.37. The van der Waals surface area contributed by atoms with Crippen molar-refractivity contribution < 1.29 is 14.3 Å². The second-order valence-corrected chi connectivity index (χ2v) is 6.49. The predicted molar refractivity (Wildman–Crippen MR) is 103 cm³/mol. The Hall–Kier alpha value is -2.82. The number of ether oxygens (including phenoxy) is 1. The Balaban J connectivity index is 1.75. The van der Waals surface area contributed by atoms with Crippen molar-refractivity contribution in [3.05, 3.63) is 54.1 Å². The van der Waals surface area contributed by atoms with E-state index in [4.69, 9.17) is 4.74 Å². The van der Waals surface area contributed by atoms with E-state index in [1.54, 1.807) is 24.0 Å². The maximum atomic E-state index is 12.9. The van der Waals surface area contributed by atoms with Crippen LogP contribution in [0.25, 0.3) is 0 Å². The number of amides is 2. The Bertz CT molecular complexity index is 801. The van der Waals surface area contributed by atoms with Crippen LogP contribution in [0.5, 0.6) is 5.75 Å². The highest BCUT2D eigenvalue weighted by Crippen LogP contribution is 2.31. The van der Waals surface area contributed by atoms with E-state index in [0.29, 0.717) is 18.0 Å². The van der Waals surface area contributed by atoms with E-state index < -0.39 is 0 Å². The zero-order chi connectivity index (χ0) is 18.7. The fourth-order valence-corrected chi connectivity index (χ4v) is 3.33. The van der Waals surface area contributed by atoms with Crippen molar-refractivity contribution in [3.8, 4) is 5.75 Å². The van der Waals surface area contributed by atoms with Gasteiger partial charge in [0.1, 0.15) is 5.75 Å². The van der Waals surface area contributed by atoms with Gasteiger partial charge in [-0.25, -0.2) is 0 Å². The van der Waals surface area contributed by atoms with Gasteiger partial charge in [0.15, 0.2) is 0 Å². The van der Waals surface area contributed by atoms with Crippen molar-refractivity contribution in [1.29, 1.82) is 0 Å². The molecule has 1 atom stereocenters. The van der Waals surface area contributed by atoms with Crippen LogP contribution in [0.4, 0.5) is 11.4 Å². The quantitative estimate of drug-likeness (QED) is 0.830. The second kappa shape index (κ2) is 7.60. The molecule has 2 aromatic rings. The summed E-state index contributed by atoms with van der Waals surface area (Å²) in [5.41, 5.74) is 2.78. The van der Waals surface area contributed by atoms with Gasteiger partial charge in [0.2, 0.25) is 11.8 Å². The molecule has 2 amide bonds. The fraction of sp³-hybridized carbons (Fsp3) is 0.333. The number of hydrogen-bond donors (Lipinski definition) is 0. The zero-order valence-corrected chi connectivity index (χ0v) is 15.4. The van der Waals surface area contributed by atoms with Gasteiger partial charge in [-0.15, -0.1) is 0 Å². The minimum atomic E-state index is -0.358. The number of anilines is 2. The molecule has 1 saturated heterocycles. The first-order chi connectivity index (χ1) is 12.5. The normalized spacial score (nSPS) is 16.7. The third-order valence-corrected chi connectivity index (χ3v) is 4.91. The Morgan fingerprint density at radius 2 is 1.88 bits per heavy atom. The summed E-state index contributed by atoms with van der Waals surface area (Å²) in [6.07, 6.45) is 1.19. The number of carbonyl (C=O) groups excluding carboxylic acids is 2. The molecule has 0 spiro atoms. The van der Waals surface area contributed by atoms with Crippen molar-refractivity contribution in [1.82, 2.24) is 0 Å². The van der Waals surface area contributed by atoms with Crippen molar-refractivity contribution >= 4 is 23.2 Å². The highest BCUT2D eigenvalue weighted by atomic mass is 16.5. The summed E-state index contributed by atoms with van der Waals surface area (Å²) in [5, 5.41) is 0. The Morgan fingerprint density at radius 1 is 1.19 bits per heavy atom. The summed E-state index contributed by atoms with van der Waals surface area (Å²) < 4.78 is 5.34. The minimum Gasteiger partial charge on any atom is -0.495 e. The van der Waals surface area contributed by atoms with E-state index >= 15 is 0 Å². The van der Waals surface area contributed by atoms with E-state index in [1.807, 2.05) is 48.5 Å². The Labute approximate surface area is 154 Å². The summed E-state index contributed by atoms with van der Waals surface area (Å²) in [6, 6.07) is 15.3. The molecule has 5 heteroatoms. The van der Waals surface area contributed by atoms with Crippen LogP contribution in [0.2, 0.25) is 0 Å². The van der Waals surface area contributed by atoms with Gasteiger partial charge in [-0.05, 0) is 36.2 Å². The SMILES string of the molecule is CCc1ccc(N2CC(C(=O)N(C)c3ccccc3OC)CC2=O)cc1. The number of carbonyl (C=O) groups is 2. The van der Waals surface area contributed by atoms with Crippen LogP contribution in [0, 0.1) is 5.92 Å². The third-order valence-electron chi connectivity index (χ3n) is 4.91. The first kappa shape index (κ1) is 18.0. The number of aryl methyl sites for hydroxylation is 1. The van der Waals surface area contributed by atoms with Crippen LogP contribution in [-0.2, 0) is 16.0 Å².